The number of anilines is 1. The Morgan fingerprint density at radius 3 is 2.25 bits per heavy atom. The first kappa shape index (κ1) is 59.3. The molecule has 386 valence electrons. The van der Waals surface area contributed by atoms with Crippen molar-refractivity contribution in [2.24, 2.45) is 5.41 Å². The van der Waals surface area contributed by atoms with Crippen LogP contribution in [0.25, 0.3) is 11.2 Å². The van der Waals surface area contributed by atoms with Crippen LogP contribution in [0.15, 0.2) is 24.8 Å². The van der Waals surface area contributed by atoms with E-state index in [-0.39, 0.29) is 59.6 Å². The molecule has 0 aromatic carbocycles. The molecular formula is C39H62N7O18P3S-4. The molecule has 3 rings (SSSR count). The fraction of sp³-hybridized carbons (Fsp3) is 0.718. The van der Waals surface area contributed by atoms with E-state index < -0.39 is 84.6 Å². The van der Waals surface area contributed by atoms with E-state index in [2.05, 4.69) is 62.5 Å². The first-order valence-corrected chi connectivity index (χ1v) is 27.5. The molecule has 25 nitrogen and oxygen atoms in total. The first-order valence-electron chi connectivity index (χ1n) is 22.1. The number of aliphatic hydroxyl groups is 2. The molecule has 29 heteroatoms. The lowest BCUT2D eigenvalue weighted by atomic mass is 9.87. The van der Waals surface area contributed by atoms with E-state index >= 15 is 0 Å². The zero-order valence-corrected chi connectivity index (χ0v) is 41.7. The van der Waals surface area contributed by atoms with Crippen molar-refractivity contribution in [1.82, 2.24) is 30.2 Å². The summed E-state index contributed by atoms with van der Waals surface area (Å²) in [7, 11) is -17.7. The van der Waals surface area contributed by atoms with Crippen LogP contribution in [0.4, 0.5) is 5.82 Å². The van der Waals surface area contributed by atoms with Crippen LogP contribution in [0.5, 0.6) is 0 Å². The maximum absolute atomic E-state index is 12.6. The number of allylic oxidation sites excluding steroid dienone is 2. The van der Waals surface area contributed by atoms with Crippen LogP contribution in [0, 0.1) is 5.41 Å². The Morgan fingerprint density at radius 2 is 1.57 bits per heavy atom. The zero-order valence-electron chi connectivity index (χ0n) is 38.2. The summed E-state index contributed by atoms with van der Waals surface area (Å²) < 4.78 is 60.8. The minimum Gasteiger partial charge on any atom is -0.790 e. The van der Waals surface area contributed by atoms with Crippen LogP contribution in [-0.4, -0.2) is 109 Å². The van der Waals surface area contributed by atoms with Crippen molar-refractivity contribution in [2.45, 2.75) is 141 Å². The lowest BCUT2D eigenvalue weighted by Gasteiger charge is -2.36. The smallest absolute Gasteiger partial charge is 0.274 e. The molecule has 0 radical (unpaired) electrons. The van der Waals surface area contributed by atoms with Crippen LogP contribution in [0.2, 0.25) is 0 Å². The number of phosphoric acid groups is 3. The van der Waals surface area contributed by atoms with E-state index in [1.165, 1.54) is 39.5 Å². The highest BCUT2D eigenvalue weighted by molar-refractivity contribution is 8.13. The van der Waals surface area contributed by atoms with E-state index in [4.69, 9.17) is 10.5 Å². The molecule has 2 amide bonds. The van der Waals surface area contributed by atoms with Gasteiger partial charge in [-0.2, -0.15) is 0 Å². The average Bonchev–Trinajstić information content (AvgIpc) is 3.82. The van der Waals surface area contributed by atoms with Gasteiger partial charge in [-0.3, -0.25) is 32.9 Å². The number of phosphoric ester groups is 3. The van der Waals surface area contributed by atoms with Crippen molar-refractivity contribution < 1.29 is 85.3 Å². The fourth-order valence-corrected chi connectivity index (χ4v) is 10.0. The predicted octanol–water partition coefficient (Wildman–Crippen LogP) is 1.35. The summed E-state index contributed by atoms with van der Waals surface area (Å²) in [5.41, 5.74) is 4.05. The number of imidazole rings is 1. The molecule has 68 heavy (non-hydrogen) atoms. The van der Waals surface area contributed by atoms with E-state index in [1.54, 1.807) is 0 Å². The average molecular weight is 1040 g/mol. The highest BCUT2D eigenvalue weighted by Crippen LogP contribution is 2.56. The number of carbonyl (C=O) groups excluding carboxylic acids is 4. The Hall–Kier alpha value is -3.03. The normalized spacial score (nSPS) is 20.0. The highest BCUT2D eigenvalue weighted by Gasteiger charge is 2.47. The summed E-state index contributed by atoms with van der Waals surface area (Å²) in [6, 6.07) is 0. The van der Waals surface area contributed by atoms with Crippen molar-refractivity contribution in [1.29, 1.82) is 0 Å². The molecule has 0 bridgehead atoms. The summed E-state index contributed by atoms with van der Waals surface area (Å²) >= 11 is 0.922. The Morgan fingerprint density at radius 1 is 0.926 bits per heavy atom. The second-order valence-electron chi connectivity index (χ2n) is 16.5. The van der Waals surface area contributed by atoms with Gasteiger partial charge in [-0.1, -0.05) is 83.2 Å². The Bertz CT molecular complexity index is 2130. The molecule has 2 aromatic rings. The minimum absolute atomic E-state index is 0.0263. The standard InChI is InChI=1S/C39H66N7O18P3S/c1-4-5-6-7-8-9-10-11-12-13-14-15-16-17-27(47)22-30(49)68-21-20-41-29(48)18-19-42-37(52)34(51)39(2,3)24-61-67(58,59)64-66(56,57)60-23-28-33(63-65(53,54)55)32(50)38(62-28)46-26-45-31-35(40)43-25-44-36(31)46/h9-10,25-26,28,32-34,38,50-51H,4-8,11-24H2,1-3H3,(H,41,48)(H,42,52)(H,56,57)(H,58,59)(H2,40,43,44)(H2,53,54,55)/p-4/b10-9-/t28-,32-,33-,34+,38-/m1/s1. The summed E-state index contributed by atoms with van der Waals surface area (Å²) in [6.45, 7) is 2.13. The van der Waals surface area contributed by atoms with Gasteiger partial charge in [-0.15, -0.1) is 0 Å². The number of nitrogen functional groups attached to an aromatic ring is 1. The van der Waals surface area contributed by atoms with Crippen LogP contribution in [-0.2, 0) is 55.5 Å². The number of carbonyl (C=O) groups is 4. The van der Waals surface area contributed by atoms with E-state index in [0.717, 1.165) is 73.9 Å². The Balaban J connectivity index is 1.32. The second kappa shape index (κ2) is 28.7. The largest absolute Gasteiger partial charge is 0.790 e. The number of rotatable bonds is 34. The first-order chi connectivity index (χ1) is 31.9. The molecule has 0 saturated carbocycles. The van der Waals surface area contributed by atoms with Crippen LogP contribution < -0.4 is 35.9 Å². The summed E-state index contributed by atoms with van der Waals surface area (Å²) in [5.74, 6) is -1.53. The van der Waals surface area contributed by atoms with Crippen molar-refractivity contribution >= 4 is 74.9 Å². The molecule has 2 aromatic heterocycles. The lowest BCUT2D eigenvalue weighted by Crippen LogP contribution is -2.46. The van der Waals surface area contributed by atoms with Crippen LogP contribution in [0.3, 0.4) is 0 Å². The molecule has 6 N–H and O–H groups in total. The molecule has 1 aliphatic heterocycles. The van der Waals surface area contributed by atoms with Gasteiger partial charge >= 0.3 is 0 Å². The summed E-state index contributed by atoms with van der Waals surface area (Å²) in [4.78, 5) is 109. The van der Waals surface area contributed by atoms with Gasteiger partial charge in [0, 0.05) is 37.1 Å². The van der Waals surface area contributed by atoms with Gasteiger partial charge in [0.2, 0.25) is 11.8 Å². The summed E-state index contributed by atoms with van der Waals surface area (Å²) in [6.07, 6.45) is 9.14. The molecule has 1 saturated heterocycles. The number of ether oxygens (including phenoxy) is 1. The third-order valence-corrected chi connectivity index (χ3v) is 14.2. The van der Waals surface area contributed by atoms with Crippen LogP contribution in [0.1, 0.15) is 117 Å². The van der Waals surface area contributed by atoms with Gasteiger partial charge in [-0.25, -0.2) is 19.3 Å². The third-order valence-electron chi connectivity index (χ3n) is 10.3. The summed E-state index contributed by atoms with van der Waals surface area (Å²) in [5, 5.41) is 26.0. The molecule has 2 unspecified atom stereocenters. The number of nitrogens with one attached hydrogen (secondary N) is 2. The predicted molar refractivity (Wildman–Crippen MR) is 238 cm³/mol. The van der Waals surface area contributed by atoms with Gasteiger partial charge in [0.15, 0.2) is 22.8 Å². The van der Waals surface area contributed by atoms with E-state index in [1.807, 2.05) is 0 Å². The zero-order chi connectivity index (χ0) is 50.5. The molecule has 0 spiro atoms. The molecule has 7 atom stereocenters. The molecule has 1 fully saturated rings. The SMILES string of the molecule is CCCCCC/C=C\CCCCCCCC(=O)CC(=O)SCCNC(=O)CCNC(=O)[C@H](O)C(C)(C)COP(=O)([O-])OP(=O)([O-])OC[C@H]1O[C@@H](n2cnc3c(N)ncnc32)[C@H](O)[C@@H]1OP(=O)([O-])[O-]. The number of Topliss-reactive ketones (excluding diaryl/α,β-unsaturated/α-hetero) is 1. The third kappa shape index (κ3) is 21.5. The van der Waals surface area contributed by atoms with Gasteiger partial charge < -0.3 is 69.0 Å². The maximum atomic E-state index is 12.6. The van der Waals surface area contributed by atoms with E-state index in [0.29, 0.717) is 6.42 Å². The quantitative estimate of drug-likeness (QED) is 0.0286. The number of nitrogens with two attached hydrogens (primary N) is 1. The van der Waals surface area contributed by atoms with Crippen molar-refractivity contribution in [2.75, 3.05) is 37.8 Å². The van der Waals surface area contributed by atoms with E-state index in [9.17, 15) is 62.7 Å². The van der Waals surface area contributed by atoms with Crippen LogP contribution >= 0.6 is 35.2 Å². The number of fused-ring (bicyclic) bond motifs is 1. The molecule has 1 aliphatic rings. The highest BCUT2D eigenvalue weighted by atomic mass is 32.2. The van der Waals surface area contributed by atoms with Gasteiger partial charge in [-0.05, 0) is 32.1 Å². The number of ketones is 1. The second-order valence-corrected chi connectivity index (χ2v) is 21.8. The number of aliphatic hydroxyl groups excluding tert-OH is 2. The van der Waals surface area contributed by atoms with Gasteiger partial charge in [0.05, 0.1) is 33.8 Å². The Kier molecular flexibility index (Phi) is 25.0. The van der Waals surface area contributed by atoms with Crippen molar-refractivity contribution in [3.63, 3.8) is 0 Å². The topological polar surface area (TPSA) is 392 Å². The van der Waals surface area contributed by atoms with Gasteiger partial charge in [0.1, 0.15) is 42.0 Å². The van der Waals surface area contributed by atoms with Crippen molar-refractivity contribution in [3.8, 4) is 0 Å². The molecule has 0 aliphatic carbocycles. The fourth-order valence-electron chi connectivity index (χ4n) is 6.61. The van der Waals surface area contributed by atoms with Gasteiger partial charge in [0.25, 0.3) is 15.6 Å². The Labute approximate surface area is 398 Å². The number of hydrogen-bond acceptors (Lipinski definition) is 23. The number of nitrogens with zero attached hydrogens (tertiary/aromatic N) is 4. The minimum atomic E-state index is -5.93. The van der Waals surface area contributed by atoms with Crippen molar-refractivity contribution in [3.05, 3.63) is 24.8 Å². The molecule has 3 heterocycles. The number of aromatic nitrogens is 4. The maximum Gasteiger partial charge on any atom is 0.274 e. The number of unbranched alkanes of at least 4 members (excludes halogenated alkanes) is 9. The molecular weight excluding hydrogens is 979 g/mol. The number of thioether (sulfide) groups is 1. The number of hydrogen-bond donors (Lipinski definition) is 5. The monoisotopic (exact) mass is 1040 g/mol. The lowest BCUT2D eigenvalue weighted by molar-refractivity contribution is -0.347. The number of amides is 2.